The third-order valence-electron chi connectivity index (χ3n) is 7.72. The minimum Gasteiger partial charge on any atom is -0.377 e. The molecule has 7 heteroatoms. The second-order valence-electron chi connectivity index (χ2n) is 10.1. The summed E-state index contributed by atoms with van der Waals surface area (Å²) < 4.78 is 33.4. The van der Waals surface area contributed by atoms with Crippen molar-refractivity contribution in [1.82, 2.24) is 10.0 Å². The third-order valence-corrected chi connectivity index (χ3v) is 9.14. The topological polar surface area (TPSA) is 84.5 Å². The molecular formula is C23H32N2O4S. The molecule has 2 N–H and O–H groups in total. The number of nitrogens with one attached hydrogen (secondary N) is 2. The number of carbonyl (C=O) groups excluding carboxylic acids is 1. The van der Waals surface area contributed by atoms with Gasteiger partial charge in [-0.25, -0.2) is 13.1 Å². The first-order chi connectivity index (χ1) is 14.4. The molecule has 1 aromatic rings. The Morgan fingerprint density at radius 2 is 1.80 bits per heavy atom. The molecule has 6 nitrogen and oxygen atoms in total. The molecule has 5 fully saturated rings. The van der Waals surface area contributed by atoms with Gasteiger partial charge in [-0.2, -0.15) is 0 Å². The molecule has 164 valence electrons. The molecule has 1 aliphatic heterocycles. The Kier molecular flexibility index (Phi) is 5.40. The van der Waals surface area contributed by atoms with Gasteiger partial charge in [0, 0.05) is 25.3 Å². The summed E-state index contributed by atoms with van der Waals surface area (Å²) in [6.07, 6.45) is 9.62. The molecule has 1 aromatic carbocycles. The highest BCUT2D eigenvalue weighted by atomic mass is 32.2. The fourth-order valence-electron chi connectivity index (χ4n) is 6.77. The molecule has 0 unspecified atom stereocenters. The molecule has 4 saturated carbocycles. The second-order valence-corrected chi connectivity index (χ2v) is 11.9. The average molecular weight is 433 g/mol. The maximum Gasteiger partial charge on any atom is 0.251 e. The van der Waals surface area contributed by atoms with E-state index in [0.717, 1.165) is 30.6 Å². The normalized spacial score (nSPS) is 34.9. The van der Waals surface area contributed by atoms with Crippen LogP contribution in [-0.4, -0.2) is 40.1 Å². The Morgan fingerprint density at radius 3 is 2.43 bits per heavy atom. The molecule has 30 heavy (non-hydrogen) atoms. The molecule has 0 spiro atoms. The van der Waals surface area contributed by atoms with Crippen LogP contribution in [0.3, 0.4) is 0 Å². The van der Waals surface area contributed by atoms with E-state index < -0.39 is 10.0 Å². The zero-order chi connectivity index (χ0) is 20.8. The van der Waals surface area contributed by atoms with Crippen LogP contribution in [0.1, 0.15) is 61.7 Å². The monoisotopic (exact) mass is 432 g/mol. The van der Waals surface area contributed by atoms with Crippen molar-refractivity contribution in [2.75, 3.05) is 19.7 Å². The standard InChI is InChI=1S/C23H32N2O4S/c26-22(24-15-23-11-16-7-17(12-23)9-18(8-16)13-23)19-3-1-5-21(10-19)30(27,28)25-14-20-4-2-6-29-20/h1,3,5,10,16-18,20,25H,2,4,6-9,11-15H2,(H,24,26)/t16?,17?,18?,20-,23?/m0/s1. The van der Waals surface area contributed by atoms with E-state index in [2.05, 4.69) is 10.0 Å². The second kappa shape index (κ2) is 7.92. The van der Waals surface area contributed by atoms with Crippen molar-refractivity contribution in [2.45, 2.75) is 62.4 Å². The van der Waals surface area contributed by atoms with Gasteiger partial charge >= 0.3 is 0 Å². The summed E-state index contributed by atoms with van der Waals surface area (Å²) >= 11 is 0. The van der Waals surface area contributed by atoms with Crippen molar-refractivity contribution >= 4 is 15.9 Å². The van der Waals surface area contributed by atoms with Crippen LogP contribution in [0.25, 0.3) is 0 Å². The van der Waals surface area contributed by atoms with Gasteiger partial charge in [0.15, 0.2) is 0 Å². The predicted octanol–water partition coefficient (Wildman–Crippen LogP) is 3.09. The number of ether oxygens (including phenoxy) is 1. The van der Waals surface area contributed by atoms with Crippen molar-refractivity contribution in [1.29, 1.82) is 0 Å². The first-order valence-corrected chi connectivity index (χ1v) is 12.9. The fraction of sp³-hybridized carbons (Fsp3) is 0.696. The van der Waals surface area contributed by atoms with E-state index in [9.17, 15) is 13.2 Å². The van der Waals surface area contributed by atoms with Crippen molar-refractivity contribution in [3.05, 3.63) is 29.8 Å². The molecule has 1 atom stereocenters. The predicted molar refractivity (Wildman–Crippen MR) is 114 cm³/mol. The van der Waals surface area contributed by atoms with E-state index in [1.807, 2.05) is 0 Å². The van der Waals surface area contributed by atoms with Crippen molar-refractivity contribution < 1.29 is 17.9 Å². The third kappa shape index (κ3) is 4.16. The summed E-state index contributed by atoms with van der Waals surface area (Å²) in [5.74, 6) is 2.35. The molecule has 4 bridgehead atoms. The molecule has 1 amide bonds. The number of hydrogen-bond acceptors (Lipinski definition) is 4. The molecule has 5 aliphatic rings. The average Bonchev–Trinajstić information content (AvgIpc) is 3.24. The highest BCUT2D eigenvalue weighted by Crippen LogP contribution is 2.59. The van der Waals surface area contributed by atoms with Gasteiger partial charge in [-0.1, -0.05) is 6.07 Å². The number of amides is 1. The Labute approximate surface area is 179 Å². The number of hydrogen-bond donors (Lipinski definition) is 2. The van der Waals surface area contributed by atoms with Gasteiger partial charge in [0.05, 0.1) is 11.0 Å². The number of sulfonamides is 1. The lowest BCUT2D eigenvalue weighted by Gasteiger charge is -2.56. The Balaban J connectivity index is 1.22. The maximum absolute atomic E-state index is 12.8. The van der Waals surface area contributed by atoms with Crippen molar-refractivity contribution in [3.8, 4) is 0 Å². The summed E-state index contributed by atoms with van der Waals surface area (Å²) in [5.41, 5.74) is 0.663. The molecule has 1 heterocycles. The van der Waals surface area contributed by atoms with Crippen LogP contribution in [-0.2, 0) is 14.8 Å². The first-order valence-electron chi connectivity index (χ1n) is 11.4. The lowest BCUT2D eigenvalue weighted by molar-refractivity contribution is -0.0503. The Bertz CT molecular complexity index is 872. The molecule has 4 aliphatic carbocycles. The van der Waals surface area contributed by atoms with Gasteiger partial charge < -0.3 is 10.1 Å². The molecule has 0 radical (unpaired) electrons. The first kappa shape index (κ1) is 20.5. The van der Waals surface area contributed by atoms with Crippen LogP contribution in [0, 0.1) is 23.2 Å². The minimum absolute atomic E-state index is 0.0634. The van der Waals surface area contributed by atoms with E-state index >= 15 is 0 Å². The molecular weight excluding hydrogens is 400 g/mol. The lowest BCUT2D eigenvalue weighted by atomic mass is 9.49. The largest absolute Gasteiger partial charge is 0.377 e. The smallest absolute Gasteiger partial charge is 0.251 e. The van der Waals surface area contributed by atoms with E-state index in [4.69, 9.17) is 4.74 Å². The summed E-state index contributed by atoms with van der Waals surface area (Å²) in [6.45, 7) is 1.67. The molecule has 0 aromatic heterocycles. The summed E-state index contributed by atoms with van der Waals surface area (Å²) in [7, 11) is -3.67. The molecule has 1 saturated heterocycles. The Hall–Kier alpha value is -1.44. The van der Waals surface area contributed by atoms with Crippen LogP contribution in [0.4, 0.5) is 0 Å². The van der Waals surface area contributed by atoms with Crippen molar-refractivity contribution in [2.24, 2.45) is 23.2 Å². The lowest BCUT2D eigenvalue weighted by Crippen LogP contribution is -2.51. The van der Waals surface area contributed by atoms with Crippen molar-refractivity contribution in [3.63, 3.8) is 0 Å². The van der Waals surface area contributed by atoms with Crippen LogP contribution in [0.2, 0.25) is 0 Å². The van der Waals surface area contributed by atoms with Gasteiger partial charge in [-0.3, -0.25) is 4.79 Å². The molecule has 6 rings (SSSR count). The van der Waals surface area contributed by atoms with Crippen LogP contribution >= 0.6 is 0 Å². The van der Waals surface area contributed by atoms with Crippen LogP contribution in [0.5, 0.6) is 0 Å². The highest BCUT2D eigenvalue weighted by molar-refractivity contribution is 7.89. The zero-order valence-electron chi connectivity index (χ0n) is 17.4. The van der Waals surface area contributed by atoms with E-state index in [-0.39, 0.29) is 28.9 Å². The van der Waals surface area contributed by atoms with Gasteiger partial charge in [0.25, 0.3) is 5.91 Å². The minimum atomic E-state index is -3.67. The van der Waals surface area contributed by atoms with Gasteiger partial charge in [-0.15, -0.1) is 0 Å². The van der Waals surface area contributed by atoms with Crippen LogP contribution < -0.4 is 10.0 Å². The maximum atomic E-state index is 12.8. The van der Waals surface area contributed by atoms with E-state index in [1.54, 1.807) is 12.1 Å². The number of rotatable bonds is 7. The van der Waals surface area contributed by atoms with Crippen LogP contribution in [0.15, 0.2) is 29.2 Å². The van der Waals surface area contributed by atoms with E-state index in [0.29, 0.717) is 18.7 Å². The van der Waals surface area contributed by atoms with Gasteiger partial charge in [-0.05, 0) is 92.7 Å². The van der Waals surface area contributed by atoms with E-state index in [1.165, 1.54) is 50.7 Å². The fourth-order valence-corrected chi connectivity index (χ4v) is 7.88. The number of carbonyl (C=O) groups is 1. The number of benzene rings is 1. The summed E-state index contributed by atoms with van der Waals surface area (Å²) in [4.78, 5) is 13.0. The summed E-state index contributed by atoms with van der Waals surface area (Å²) in [6, 6.07) is 6.34. The highest BCUT2D eigenvalue weighted by Gasteiger charge is 2.50. The Morgan fingerprint density at radius 1 is 1.10 bits per heavy atom. The quantitative estimate of drug-likeness (QED) is 0.693. The van der Waals surface area contributed by atoms with Gasteiger partial charge in [0.1, 0.15) is 0 Å². The zero-order valence-corrected chi connectivity index (χ0v) is 18.3. The summed E-state index contributed by atoms with van der Waals surface area (Å²) in [5, 5.41) is 3.14. The SMILES string of the molecule is O=C(NCC12CC3CC(CC(C3)C1)C2)c1cccc(S(=O)(=O)NC[C@@H]2CCCO2)c1. The van der Waals surface area contributed by atoms with Gasteiger partial charge in [0.2, 0.25) is 10.0 Å².